The van der Waals surface area contributed by atoms with Crippen LogP contribution in [-0.4, -0.2) is 32.3 Å². The standard InChI is InChI=1S/C10H11ClN4O/c1-6-4-7(5-16-6)9-13-14-10-8(11)12-2-3-15(9)10/h2-3,6-7H,4-5H2,1H3. The largest absolute Gasteiger partial charge is 0.378 e. The predicted molar refractivity (Wildman–Crippen MR) is 58.6 cm³/mol. The molecule has 0 amide bonds. The van der Waals surface area contributed by atoms with Gasteiger partial charge in [0.1, 0.15) is 5.82 Å². The van der Waals surface area contributed by atoms with Gasteiger partial charge in [0.15, 0.2) is 10.8 Å². The number of nitrogens with zero attached hydrogens (tertiary/aromatic N) is 4. The lowest BCUT2D eigenvalue weighted by molar-refractivity contribution is 0.123. The van der Waals surface area contributed by atoms with Crippen molar-refractivity contribution < 1.29 is 4.74 Å². The van der Waals surface area contributed by atoms with Gasteiger partial charge in [0.05, 0.1) is 12.7 Å². The topological polar surface area (TPSA) is 52.3 Å². The lowest BCUT2D eigenvalue weighted by Crippen LogP contribution is -2.04. The average Bonchev–Trinajstić information content (AvgIpc) is 2.84. The lowest BCUT2D eigenvalue weighted by Gasteiger charge is -2.04. The molecule has 2 aromatic rings. The zero-order valence-corrected chi connectivity index (χ0v) is 9.55. The quantitative estimate of drug-likeness (QED) is 0.758. The second-order valence-electron chi connectivity index (χ2n) is 4.05. The van der Waals surface area contributed by atoms with Crippen LogP contribution in [0.25, 0.3) is 5.65 Å². The zero-order chi connectivity index (χ0) is 11.1. The Morgan fingerprint density at radius 3 is 3.12 bits per heavy atom. The summed E-state index contributed by atoms with van der Waals surface area (Å²) in [4.78, 5) is 3.97. The fourth-order valence-electron chi connectivity index (χ4n) is 2.09. The SMILES string of the molecule is CC1CC(c2nnc3c(Cl)nccn23)CO1. The molecule has 2 unspecified atom stereocenters. The number of halogens is 1. The molecule has 1 aliphatic heterocycles. The first-order valence-corrected chi connectivity index (χ1v) is 5.60. The second kappa shape index (κ2) is 3.68. The van der Waals surface area contributed by atoms with Gasteiger partial charge in [-0.3, -0.25) is 4.40 Å². The fraction of sp³-hybridized carbons (Fsp3) is 0.500. The molecule has 0 radical (unpaired) electrons. The van der Waals surface area contributed by atoms with Gasteiger partial charge in [0, 0.05) is 18.3 Å². The molecule has 3 heterocycles. The van der Waals surface area contributed by atoms with Gasteiger partial charge < -0.3 is 4.74 Å². The Kier molecular flexibility index (Phi) is 2.29. The number of hydrogen-bond donors (Lipinski definition) is 0. The molecule has 84 valence electrons. The Bertz CT molecular complexity index is 527. The van der Waals surface area contributed by atoms with Crippen molar-refractivity contribution in [1.29, 1.82) is 0 Å². The summed E-state index contributed by atoms with van der Waals surface area (Å²) < 4.78 is 7.43. The Morgan fingerprint density at radius 2 is 2.38 bits per heavy atom. The van der Waals surface area contributed by atoms with Crippen molar-refractivity contribution in [2.24, 2.45) is 0 Å². The second-order valence-corrected chi connectivity index (χ2v) is 4.40. The lowest BCUT2D eigenvalue weighted by atomic mass is 10.1. The molecule has 0 aliphatic carbocycles. The maximum atomic E-state index is 5.94. The first-order chi connectivity index (χ1) is 7.75. The molecule has 0 spiro atoms. The van der Waals surface area contributed by atoms with Crippen molar-refractivity contribution in [1.82, 2.24) is 19.6 Å². The van der Waals surface area contributed by atoms with Crippen LogP contribution in [0, 0.1) is 0 Å². The van der Waals surface area contributed by atoms with E-state index in [-0.39, 0.29) is 6.10 Å². The van der Waals surface area contributed by atoms with Gasteiger partial charge in [-0.15, -0.1) is 10.2 Å². The molecule has 0 bridgehead atoms. The number of fused-ring (bicyclic) bond motifs is 1. The molecule has 0 aromatic carbocycles. The molecule has 0 N–H and O–H groups in total. The third-order valence-electron chi connectivity index (χ3n) is 2.87. The molecule has 1 aliphatic rings. The van der Waals surface area contributed by atoms with Gasteiger partial charge in [0.2, 0.25) is 0 Å². The molecule has 3 rings (SSSR count). The van der Waals surface area contributed by atoms with E-state index in [1.54, 1.807) is 6.20 Å². The number of ether oxygens (including phenoxy) is 1. The van der Waals surface area contributed by atoms with Crippen LogP contribution in [0.4, 0.5) is 0 Å². The number of hydrogen-bond acceptors (Lipinski definition) is 4. The van der Waals surface area contributed by atoms with Crippen LogP contribution in [0.15, 0.2) is 12.4 Å². The highest BCUT2D eigenvalue weighted by molar-refractivity contribution is 6.32. The minimum atomic E-state index is 0.287. The molecule has 2 aromatic heterocycles. The Hall–Kier alpha value is -1.20. The van der Waals surface area contributed by atoms with E-state index in [4.69, 9.17) is 16.3 Å². The average molecular weight is 239 g/mol. The Balaban J connectivity index is 2.08. The van der Waals surface area contributed by atoms with E-state index < -0.39 is 0 Å². The van der Waals surface area contributed by atoms with Gasteiger partial charge in [-0.2, -0.15) is 0 Å². The van der Waals surface area contributed by atoms with E-state index in [1.165, 1.54) is 0 Å². The van der Waals surface area contributed by atoms with Gasteiger partial charge in [-0.1, -0.05) is 11.6 Å². The van der Waals surface area contributed by atoms with Gasteiger partial charge in [-0.05, 0) is 13.3 Å². The Morgan fingerprint density at radius 1 is 1.50 bits per heavy atom. The molecule has 5 nitrogen and oxygen atoms in total. The fourth-order valence-corrected chi connectivity index (χ4v) is 2.27. The molecule has 1 saturated heterocycles. The van der Waals surface area contributed by atoms with E-state index in [2.05, 4.69) is 22.1 Å². The molecular formula is C10H11ClN4O. The monoisotopic (exact) mass is 238 g/mol. The molecule has 2 atom stereocenters. The van der Waals surface area contributed by atoms with Crippen molar-refractivity contribution >= 4 is 17.2 Å². The smallest absolute Gasteiger partial charge is 0.198 e. The highest BCUT2D eigenvalue weighted by Gasteiger charge is 2.27. The molecule has 1 fully saturated rings. The van der Waals surface area contributed by atoms with E-state index in [1.807, 2.05) is 10.6 Å². The summed E-state index contributed by atoms with van der Waals surface area (Å²) in [5.74, 6) is 1.20. The van der Waals surface area contributed by atoms with E-state index in [0.29, 0.717) is 23.3 Å². The maximum absolute atomic E-state index is 5.94. The van der Waals surface area contributed by atoms with E-state index in [0.717, 1.165) is 12.2 Å². The van der Waals surface area contributed by atoms with Crippen LogP contribution in [0.2, 0.25) is 5.15 Å². The van der Waals surface area contributed by atoms with Crippen molar-refractivity contribution in [2.75, 3.05) is 6.61 Å². The maximum Gasteiger partial charge on any atom is 0.198 e. The first kappa shape index (κ1) is 9.99. The zero-order valence-electron chi connectivity index (χ0n) is 8.80. The predicted octanol–water partition coefficient (Wildman–Crippen LogP) is 1.67. The highest BCUT2D eigenvalue weighted by Crippen LogP contribution is 2.28. The van der Waals surface area contributed by atoms with Gasteiger partial charge in [0.25, 0.3) is 0 Å². The first-order valence-electron chi connectivity index (χ1n) is 5.22. The molecular weight excluding hydrogens is 228 g/mol. The van der Waals surface area contributed by atoms with Crippen molar-refractivity contribution in [3.8, 4) is 0 Å². The summed E-state index contributed by atoms with van der Waals surface area (Å²) in [6.45, 7) is 2.76. The summed E-state index contributed by atoms with van der Waals surface area (Å²) in [6, 6.07) is 0. The van der Waals surface area contributed by atoms with Gasteiger partial charge >= 0.3 is 0 Å². The summed E-state index contributed by atoms with van der Waals surface area (Å²) in [5.41, 5.74) is 0.610. The molecule has 16 heavy (non-hydrogen) atoms. The highest BCUT2D eigenvalue weighted by atomic mass is 35.5. The number of aromatic nitrogens is 4. The number of rotatable bonds is 1. The van der Waals surface area contributed by atoms with Crippen LogP contribution in [0.3, 0.4) is 0 Å². The summed E-state index contributed by atoms with van der Waals surface area (Å²) >= 11 is 5.94. The van der Waals surface area contributed by atoms with Crippen LogP contribution >= 0.6 is 11.6 Å². The minimum absolute atomic E-state index is 0.287. The third kappa shape index (κ3) is 1.47. The molecule has 0 saturated carbocycles. The molecule has 6 heteroatoms. The summed E-state index contributed by atoms with van der Waals surface area (Å²) in [5, 5.41) is 8.61. The minimum Gasteiger partial charge on any atom is -0.378 e. The van der Waals surface area contributed by atoms with Crippen LogP contribution in [0.5, 0.6) is 0 Å². The van der Waals surface area contributed by atoms with Crippen LogP contribution < -0.4 is 0 Å². The van der Waals surface area contributed by atoms with Crippen molar-refractivity contribution in [3.05, 3.63) is 23.4 Å². The van der Waals surface area contributed by atoms with Crippen molar-refractivity contribution in [2.45, 2.75) is 25.4 Å². The van der Waals surface area contributed by atoms with Crippen LogP contribution in [0.1, 0.15) is 25.1 Å². The summed E-state index contributed by atoms with van der Waals surface area (Å²) in [6.07, 6.45) is 4.75. The third-order valence-corrected chi connectivity index (χ3v) is 3.14. The Labute approximate surface area is 97.4 Å². The normalized spacial score (nSPS) is 25.4. The van der Waals surface area contributed by atoms with Crippen molar-refractivity contribution in [3.63, 3.8) is 0 Å². The van der Waals surface area contributed by atoms with E-state index in [9.17, 15) is 0 Å². The van der Waals surface area contributed by atoms with Crippen LogP contribution in [-0.2, 0) is 4.74 Å². The van der Waals surface area contributed by atoms with E-state index >= 15 is 0 Å². The van der Waals surface area contributed by atoms with Gasteiger partial charge in [-0.25, -0.2) is 4.98 Å². The summed E-state index contributed by atoms with van der Waals surface area (Å²) in [7, 11) is 0.